The first kappa shape index (κ1) is 13.9. The molecule has 0 aromatic heterocycles. The highest BCUT2D eigenvalue weighted by atomic mass is 32.2. The SMILES string of the molecule is CC1COCCN1S(=O)(=O)N(C)CCCN. The monoisotopic (exact) mass is 251 g/mol. The summed E-state index contributed by atoms with van der Waals surface area (Å²) in [6, 6.07) is -0.0981. The van der Waals surface area contributed by atoms with E-state index in [1.54, 1.807) is 7.05 Å². The molecule has 1 aliphatic rings. The highest BCUT2D eigenvalue weighted by molar-refractivity contribution is 7.86. The number of morpholine rings is 1. The summed E-state index contributed by atoms with van der Waals surface area (Å²) in [6.45, 7) is 4.17. The number of nitrogens with two attached hydrogens (primary N) is 1. The molecular formula is C9H21N3O3S. The molecule has 1 atom stereocenters. The Kier molecular flexibility index (Phi) is 5.13. The fraction of sp³-hybridized carbons (Fsp3) is 1.00. The topological polar surface area (TPSA) is 75.9 Å². The summed E-state index contributed by atoms with van der Waals surface area (Å²) in [4.78, 5) is 0. The summed E-state index contributed by atoms with van der Waals surface area (Å²) in [6.07, 6.45) is 0.675. The number of nitrogens with zero attached hydrogens (tertiary/aromatic N) is 2. The Bertz CT molecular complexity index is 307. The largest absolute Gasteiger partial charge is 0.378 e. The van der Waals surface area contributed by atoms with E-state index in [1.807, 2.05) is 6.92 Å². The number of rotatable bonds is 5. The molecule has 1 rings (SSSR count). The Hall–Kier alpha value is -0.210. The van der Waals surface area contributed by atoms with E-state index in [2.05, 4.69) is 0 Å². The van der Waals surface area contributed by atoms with Crippen LogP contribution < -0.4 is 5.73 Å². The van der Waals surface area contributed by atoms with E-state index in [0.717, 1.165) is 0 Å². The maximum atomic E-state index is 12.2. The molecule has 0 aliphatic carbocycles. The van der Waals surface area contributed by atoms with Crippen LogP contribution in [0, 0.1) is 0 Å². The highest BCUT2D eigenvalue weighted by Crippen LogP contribution is 2.14. The standard InChI is InChI=1S/C9H21N3O3S/c1-9-8-15-7-6-12(9)16(13,14)11(2)5-3-4-10/h9H,3-8,10H2,1-2H3. The van der Waals surface area contributed by atoms with Crippen LogP contribution in [-0.4, -0.2) is 63.0 Å². The van der Waals surface area contributed by atoms with Crippen molar-refractivity contribution < 1.29 is 13.2 Å². The first-order chi connectivity index (χ1) is 7.50. The number of ether oxygens (including phenoxy) is 1. The molecular weight excluding hydrogens is 230 g/mol. The lowest BCUT2D eigenvalue weighted by atomic mass is 10.3. The minimum atomic E-state index is -3.35. The lowest BCUT2D eigenvalue weighted by Gasteiger charge is -2.34. The van der Waals surface area contributed by atoms with Crippen LogP contribution in [0.5, 0.6) is 0 Å². The summed E-state index contributed by atoms with van der Waals surface area (Å²) >= 11 is 0. The molecule has 96 valence electrons. The van der Waals surface area contributed by atoms with Crippen molar-refractivity contribution in [2.75, 3.05) is 39.9 Å². The zero-order chi connectivity index (χ0) is 12.2. The van der Waals surface area contributed by atoms with Crippen LogP contribution in [0.4, 0.5) is 0 Å². The maximum Gasteiger partial charge on any atom is 0.282 e. The van der Waals surface area contributed by atoms with Crippen LogP contribution in [0.15, 0.2) is 0 Å². The van der Waals surface area contributed by atoms with Crippen molar-refractivity contribution in [1.29, 1.82) is 0 Å². The summed E-state index contributed by atoms with van der Waals surface area (Å²) in [7, 11) is -1.76. The third kappa shape index (κ3) is 3.14. The lowest BCUT2D eigenvalue weighted by molar-refractivity contribution is 0.0368. The average Bonchev–Trinajstić information content (AvgIpc) is 2.26. The van der Waals surface area contributed by atoms with Crippen molar-refractivity contribution in [3.8, 4) is 0 Å². The molecule has 1 heterocycles. The van der Waals surface area contributed by atoms with Gasteiger partial charge in [-0.3, -0.25) is 0 Å². The van der Waals surface area contributed by atoms with Gasteiger partial charge in [0.2, 0.25) is 0 Å². The molecule has 0 saturated carbocycles. The van der Waals surface area contributed by atoms with Gasteiger partial charge in [0, 0.05) is 26.2 Å². The second-order valence-corrected chi connectivity index (χ2v) is 5.99. The van der Waals surface area contributed by atoms with Gasteiger partial charge in [0.15, 0.2) is 0 Å². The second kappa shape index (κ2) is 5.92. The molecule has 0 aromatic carbocycles. The molecule has 0 spiro atoms. The predicted molar refractivity (Wildman–Crippen MR) is 62.2 cm³/mol. The van der Waals surface area contributed by atoms with E-state index in [0.29, 0.717) is 39.3 Å². The molecule has 1 aliphatic heterocycles. The van der Waals surface area contributed by atoms with Crippen LogP contribution in [-0.2, 0) is 14.9 Å². The molecule has 1 unspecified atom stereocenters. The minimum absolute atomic E-state index is 0.0981. The fourth-order valence-corrected chi connectivity index (χ4v) is 3.20. The molecule has 0 radical (unpaired) electrons. The molecule has 1 saturated heterocycles. The van der Waals surface area contributed by atoms with E-state index in [-0.39, 0.29) is 6.04 Å². The predicted octanol–water partition coefficient (Wildman–Crippen LogP) is -0.767. The van der Waals surface area contributed by atoms with Gasteiger partial charge in [-0.1, -0.05) is 0 Å². The van der Waals surface area contributed by atoms with Gasteiger partial charge in [-0.05, 0) is 19.9 Å². The van der Waals surface area contributed by atoms with E-state index in [4.69, 9.17) is 10.5 Å². The summed E-state index contributed by atoms with van der Waals surface area (Å²) in [5, 5.41) is 0. The van der Waals surface area contributed by atoms with Gasteiger partial charge in [0.25, 0.3) is 10.2 Å². The Morgan fingerprint density at radius 3 is 2.81 bits per heavy atom. The van der Waals surface area contributed by atoms with Gasteiger partial charge < -0.3 is 10.5 Å². The van der Waals surface area contributed by atoms with Crippen LogP contribution in [0.1, 0.15) is 13.3 Å². The highest BCUT2D eigenvalue weighted by Gasteiger charge is 2.32. The number of hydrogen-bond donors (Lipinski definition) is 1. The molecule has 6 nitrogen and oxygen atoms in total. The van der Waals surface area contributed by atoms with E-state index < -0.39 is 10.2 Å². The molecule has 0 amide bonds. The van der Waals surface area contributed by atoms with Gasteiger partial charge in [-0.15, -0.1) is 0 Å². The molecule has 0 bridgehead atoms. The minimum Gasteiger partial charge on any atom is -0.378 e. The maximum absolute atomic E-state index is 12.2. The van der Waals surface area contributed by atoms with Crippen LogP contribution in [0.25, 0.3) is 0 Å². The molecule has 2 N–H and O–H groups in total. The Labute approximate surface area is 97.5 Å². The first-order valence-corrected chi connectivity index (χ1v) is 6.90. The van der Waals surface area contributed by atoms with Gasteiger partial charge in [0.1, 0.15) is 0 Å². The molecule has 0 aromatic rings. The van der Waals surface area contributed by atoms with Crippen LogP contribution in [0.3, 0.4) is 0 Å². The van der Waals surface area contributed by atoms with Crippen LogP contribution in [0.2, 0.25) is 0 Å². The Morgan fingerprint density at radius 1 is 1.56 bits per heavy atom. The van der Waals surface area contributed by atoms with Crippen molar-refractivity contribution in [2.24, 2.45) is 5.73 Å². The third-order valence-corrected chi connectivity index (χ3v) is 4.78. The van der Waals surface area contributed by atoms with Gasteiger partial charge in [-0.2, -0.15) is 17.0 Å². The van der Waals surface area contributed by atoms with Crippen molar-refractivity contribution in [3.63, 3.8) is 0 Å². The summed E-state index contributed by atoms with van der Waals surface area (Å²) < 4.78 is 32.4. The smallest absolute Gasteiger partial charge is 0.282 e. The van der Waals surface area contributed by atoms with Crippen molar-refractivity contribution >= 4 is 10.2 Å². The summed E-state index contributed by atoms with van der Waals surface area (Å²) in [5.74, 6) is 0. The van der Waals surface area contributed by atoms with Crippen LogP contribution >= 0.6 is 0 Å². The Balaban J connectivity index is 2.67. The van der Waals surface area contributed by atoms with Gasteiger partial charge >= 0.3 is 0 Å². The average molecular weight is 251 g/mol. The van der Waals surface area contributed by atoms with E-state index in [9.17, 15) is 8.42 Å². The molecule has 16 heavy (non-hydrogen) atoms. The van der Waals surface area contributed by atoms with Crippen molar-refractivity contribution in [2.45, 2.75) is 19.4 Å². The quantitative estimate of drug-likeness (QED) is 0.696. The molecule has 1 fully saturated rings. The lowest BCUT2D eigenvalue weighted by Crippen LogP contribution is -2.52. The summed E-state index contributed by atoms with van der Waals surface area (Å²) in [5.41, 5.74) is 5.37. The van der Waals surface area contributed by atoms with Gasteiger partial charge in [-0.25, -0.2) is 0 Å². The van der Waals surface area contributed by atoms with Crippen molar-refractivity contribution in [3.05, 3.63) is 0 Å². The Morgan fingerprint density at radius 2 is 2.25 bits per heavy atom. The number of hydrogen-bond acceptors (Lipinski definition) is 4. The van der Waals surface area contributed by atoms with Gasteiger partial charge in [0.05, 0.1) is 13.2 Å². The van der Waals surface area contributed by atoms with Crippen molar-refractivity contribution in [1.82, 2.24) is 8.61 Å². The fourth-order valence-electron chi connectivity index (χ4n) is 1.66. The second-order valence-electron chi connectivity index (χ2n) is 4.01. The van der Waals surface area contributed by atoms with E-state index >= 15 is 0 Å². The zero-order valence-corrected chi connectivity index (χ0v) is 10.7. The normalized spacial score (nSPS) is 23.9. The first-order valence-electron chi connectivity index (χ1n) is 5.51. The zero-order valence-electron chi connectivity index (χ0n) is 9.92. The third-order valence-electron chi connectivity index (χ3n) is 2.67. The van der Waals surface area contributed by atoms with E-state index in [1.165, 1.54) is 8.61 Å². The molecule has 7 heteroatoms.